The molecule has 1 N–H and O–H groups in total. The van der Waals surface area contributed by atoms with Gasteiger partial charge in [-0.2, -0.15) is 5.26 Å². The lowest BCUT2D eigenvalue weighted by atomic mass is 9.99. The van der Waals surface area contributed by atoms with E-state index < -0.39 is 21.9 Å². The first-order valence-electron chi connectivity index (χ1n) is 8.31. The molecule has 1 atom stereocenters. The molecule has 0 bridgehead atoms. The standard InChI is InChI=1S/C16H21N3O5S3/c1-4-24-16(21)13-10(2)12(25-9-17)15(26-13)18-14(20)11-6-5-7-19(8-11)27(3,22)23/h11H,4-8H2,1-3H3,(H,18,20). The Balaban J connectivity index is 2.23. The third kappa shape index (κ3) is 5.22. The van der Waals surface area contributed by atoms with Crippen molar-refractivity contribution in [3.8, 4) is 5.40 Å². The maximum absolute atomic E-state index is 12.7. The zero-order valence-electron chi connectivity index (χ0n) is 15.3. The Morgan fingerprint density at radius 1 is 1.48 bits per heavy atom. The fourth-order valence-electron chi connectivity index (χ4n) is 2.81. The number of piperidine rings is 1. The van der Waals surface area contributed by atoms with Gasteiger partial charge in [0.1, 0.15) is 15.3 Å². The molecule has 1 fully saturated rings. The number of carbonyl (C=O) groups excluding carboxylic acids is 2. The van der Waals surface area contributed by atoms with Crippen LogP contribution < -0.4 is 5.32 Å². The van der Waals surface area contributed by atoms with Gasteiger partial charge in [0.2, 0.25) is 15.9 Å². The summed E-state index contributed by atoms with van der Waals surface area (Å²) in [5.74, 6) is -1.30. The third-order valence-corrected chi connectivity index (χ3v) is 7.55. The molecule has 1 aromatic heterocycles. The van der Waals surface area contributed by atoms with Crippen molar-refractivity contribution in [1.29, 1.82) is 5.26 Å². The molecule has 2 heterocycles. The van der Waals surface area contributed by atoms with Crippen LogP contribution in [0.4, 0.5) is 5.00 Å². The van der Waals surface area contributed by atoms with Crippen molar-refractivity contribution in [2.45, 2.75) is 31.6 Å². The zero-order valence-corrected chi connectivity index (χ0v) is 17.7. The molecule has 1 aliphatic heterocycles. The number of sulfonamides is 1. The molecule has 148 valence electrons. The minimum Gasteiger partial charge on any atom is -0.462 e. The van der Waals surface area contributed by atoms with Crippen molar-refractivity contribution in [2.24, 2.45) is 5.92 Å². The Labute approximate surface area is 166 Å². The van der Waals surface area contributed by atoms with Gasteiger partial charge in [-0.3, -0.25) is 4.79 Å². The van der Waals surface area contributed by atoms with E-state index in [-0.39, 0.29) is 19.1 Å². The summed E-state index contributed by atoms with van der Waals surface area (Å²) in [5, 5.41) is 14.2. The number of thioether (sulfide) groups is 1. The molecule has 0 saturated carbocycles. The number of amides is 1. The van der Waals surface area contributed by atoms with Crippen LogP contribution in [0.15, 0.2) is 4.90 Å². The van der Waals surface area contributed by atoms with E-state index in [1.807, 2.05) is 5.40 Å². The zero-order chi connectivity index (χ0) is 20.2. The minimum absolute atomic E-state index is 0.125. The highest BCUT2D eigenvalue weighted by molar-refractivity contribution is 8.04. The molecule has 1 aliphatic rings. The fraction of sp³-hybridized carbons (Fsp3) is 0.562. The van der Waals surface area contributed by atoms with Gasteiger partial charge < -0.3 is 10.1 Å². The van der Waals surface area contributed by atoms with E-state index in [9.17, 15) is 18.0 Å². The second kappa shape index (κ2) is 9.05. The lowest BCUT2D eigenvalue weighted by molar-refractivity contribution is -0.120. The van der Waals surface area contributed by atoms with Crippen molar-refractivity contribution in [1.82, 2.24) is 4.31 Å². The highest BCUT2D eigenvalue weighted by Crippen LogP contribution is 2.40. The van der Waals surface area contributed by atoms with Crippen LogP contribution in [0.1, 0.15) is 35.0 Å². The number of thiophene rings is 1. The summed E-state index contributed by atoms with van der Waals surface area (Å²) in [6.07, 6.45) is 2.30. The first-order valence-corrected chi connectivity index (χ1v) is 11.8. The molecule has 27 heavy (non-hydrogen) atoms. The number of nitrogens with one attached hydrogen (secondary N) is 1. The van der Waals surface area contributed by atoms with E-state index in [0.717, 1.165) is 29.4 Å². The molecule has 0 spiro atoms. The van der Waals surface area contributed by atoms with Crippen LogP contribution in [0.3, 0.4) is 0 Å². The number of rotatable bonds is 6. The van der Waals surface area contributed by atoms with Crippen LogP contribution in [-0.2, 0) is 19.6 Å². The van der Waals surface area contributed by atoms with E-state index in [0.29, 0.717) is 39.7 Å². The first-order chi connectivity index (χ1) is 12.7. The topological polar surface area (TPSA) is 117 Å². The molecule has 0 radical (unpaired) electrons. The van der Waals surface area contributed by atoms with Gasteiger partial charge in [0.05, 0.1) is 23.7 Å². The van der Waals surface area contributed by atoms with Crippen molar-refractivity contribution >= 4 is 50.0 Å². The van der Waals surface area contributed by atoms with Crippen LogP contribution in [0, 0.1) is 23.5 Å². The number of thiocyanates is 1. The molecular weight excluding hydrogens is 410 g/mol. The second-order valence-corrected chi connectivity index (χ2v) is 9.88. The van der Waals surface area contributed by atoms with E-state index >= 15 is 0 Å². The second-order valence-electron chi connectivity index (χ2n) is 6.08. The van der Waals surface area contributed by atoms with Crippen molar-refractivity contribution < 1.29 is 22.7 Å². The summed E-state index contributed by atoms with van der Waals surface area (Å²) in [5.41, 5.74) is 0.585. The van der Waals surface area contributed by atoms with Gasteiger partial charge in [-0.15, -0.1) is 11.3 Å². The molecular formula is C16H21N3O5S3. The van der Waals surface area contributed by atoms with Gasteiger partial charge in [0.25, 0.3) is 0 Å². The van der Waals surface area contributed by atoms with E-state index in [4.69, 9.17) is 10.00 Å². The Kier molecular flexibility index (Phi) is 7.27. The molecule has 0 aromatic carbocycles. The van der Waals surface area contributed by atoms with E-state index in [1.165, 1.54) is 4.31 Å². The summed E-state index contributed by atoms with van der Waals surface area (Å²) in [6, 6.07) is 0. The van der Waals surface area contributed by atoms with Gasteiger partial charge in [0, 0.05) is 13.1 Å². The average Bonchev–Trinajstić information content (AvgIpc) is 2.91. The SMILES string of the molecule is CCOC(=O)c1sc(NC(=O)C2CCCN(S(C)(=O)=O)C2)c(SC#N)c1C. The largest absolute Gasteiger partial charge is 0.462 e. The number of hydrogen-bond donors (Lipinski definition) is 1. The first kappa shape index (κ1) is 21.7. The van der Waals surface area contributed by atoms with Crippen molar-refractivity contribution in [3.05, 3.63) is 10.4 Å². The number of anilines is 1. The molecule has 1 saturated heterocycles. The van der Waals surface area contributed by atoms with Crippen LogP contribution in [0.5, 0.6) is 0 Å². The van der Waals surface area contributed by atoms with Gasteiger partial charge in [-0.1, -0.05) is 0 Å². The van der Waals surface area contributed by atoms with E-state index in [1.54, 1.807) is 13.8 Å². The lowest BCUT2D eigenvalue weighted by Crippen LogP contribution is -2.43. The van der Waals surface area contributed by atoms with Crippen LogP contribution in [0.25, 0.3) is 0 Å². The fourth-order valence-corrected chi connectivity index (χ4v) is 5.53. The summed E-state index contributed by atoms with van der Waals surface area (Å²) in [6.45, 7) is 4.15. The number of ether oxygens (including phenoxy) is 1. The summed E-state index contributed by atoms with van der Waals surface area (Å²) in [7, 11) is -3.35. The maximum Gasteiger partial charge on any atom is 0.348 e. The summed E-state index contributed by atoms with van der Waals surface area (Å²) >= 11 is 1.93. The lowest BCUT2D eigenvalue weighted by Gasteiger charge is -2.30. The Morgan fingerprint density at radius 2 is 2.19 bits per heavy atom. The Bertz CT molecular complexity index is 873. The number of esters is 1. The molecule has 2 rings (SSSR count). The van der Waals surface area contributed by atoms with Gasteiger partial charge >= 0.3 is 5.97 Å². The monoisotopic (exact) mass is 431 g/mol. The minimum atomic E-state index is -3.35. The van der Waals surface area contributed by atoms with Crippen molar-refractivity contribution in [3.63, 3.8) is 0 Å². The van der Waals surface area contributed by atoms with Crippen LogP contribution in [-0.4, -0.2) is 50.6 Å². The van der Waals surface area contributed by atoms with Crippen LogP contribution >= 0.6 is 23.1 Å². The molecule has 1 aromatic rings. The highest BCUT2D eigenvalue weighted by Gasteiger charge is 2.31. The number of carbonyl (C=O) groups is 2. The summed E-state index contributed by atoms with van der Waals surface area (Å²) < 4.78 is 29.8. The number of nitrogens with zero attached hydrogens (tertiary/aromatic N) is 2. The molecule has 8 nitrogen and oxygen atoms in total. The Morgan fingerprint density at radius 3 is 2.78 bits per heavy atom. The quantitative estimate of drug-likeness (QED) is 0.418. The summed E-state index contributed by atoms with van der Waals surface area (Å²) in [4.78, 5) is 25.6. The van der Waals surface area contributed by atoms with Gasteiger partial charge in [-0.05, 0) is 44.0 Å². The average molecular weight is 432 g/mol. The highest BCUT2D eigenvalue weighted by atomic mass is 32.2. The van der Waals surface area contributed by atoms with Crippen molar-refractivity contribution in [2.75, 3.05) is 31.3 Å². The van der Waals surface area contributed by atoms with Gasteiger partial charge in [-0.25, -0.2) is 17.5 Å². The predicted octanol–water partition coefficient (Wildman–Crippen LogP) is 2.42. The van der Waals surface area contributed by atoms with Crippen LogP contribution in [0.2, 0.25) is 0 Å². The number of nitriles is 1. The number of hydrogen-bond acceptors (Lipinski definition) is 8. The molecule has 0 aliphatic carbocycles. The predicted molar refractivity (Wildman–Crippen MR) is 104 cm³/mol. The third-order valence-electron chi connectivity index (χ3n) is 4.16. The maximum atomic E-state index is 12.7. The Hall–Kier alpha value is -1.61. The molecule has 1 amide bonds. The smallest absolute Gasteiger partial charge is 0.348 e. The van der Waals surface area contributed by atoms with E-state index in [2.05, 4.69) is 5.32 Å². The molecule has 1 unspecified atom stereocenters. The molecule has 11 heteroatoms. The van der Waals surface area contributed by atoms with Gasteiger partial charge in [0.15, 0.2) is 0 Å². The normalized spacial score (nSPS) is 17.9.